The topological polar surface area (TPSA) is 90.0 Å². The molecule has 0 saturated heterocycles. The van der Waals surface area contributed by atoms with Crippen molar-refractivity contribution in [3.8, 4) is 23.0 Å². The van der Waals surface area contributed by atoms with Crippen LogP contribution < -0.4 is 14.5 Å². The van der Waals surface area contributed by atoms with E-state index in [0.717, 1.165) is 21.8 Å². The van der Waals surface area contributed by atoms with Gasteiger partial charge in [0.05, 0.1) is 19.9 Å². The van der Waals surface area contributed by atoms with E-state index in [1.54, 1.807) is 20.3 Å². The molecule has 8 nitrogen and oxygen atoms in total. The molecule has 1 aliphatic heterocycles. The highest BCUT2D eigenvalue weighted by molar-refractivity contribution is 6.08. The van der Waals surface area contributed by atoms with Crippen LogP contribution in [0.25, 0.3) is 11.5 Å². The van der Waals surface area contributed by atoms with Crippen molar-refractivity contribution in [1.82, 2.24) is 10.2 Å². The molecule has 3 aromatic rings. The minimum Gasteiger partial charge on any atom is -0.493 e. The fraction of sp³-hybridized carbons (Fsp3) is 0.200. The summed E-state index contributed by atoms with van der Waals surface area (Å²) in [5, 5.41) is 13.6. The Kier molecular flexibility index (Phi) is 4.76. The van der Waals surface area contributed by atoms with Gasteiger partial charge < -0.3 is 13.9 Å². The second-order valence-electron chi connectivity index (χ2n) is 6.08. The average molecular weight is 378 g/mol. The Labute approximate surface area is 161 Å². The van der Waals surface area contributed by atoms with Crippen molar-refractivity contribution < 1.29 is 18.7 Å². The van der Waals surface area contributed by atoms with Crippen molar-refractivity contribution in [3.05, 3.63) is 54.1 Å². The summed E-state index contributed by atoms with van der Waals surface area (Å²) in [5.41, 5.74) is 2.33. The van der Waals surface area contributed by atoms with E-state index in [4.69, 9.17) is 13.9 Å². The standard InChI is InChI=1S/C20H18N4O4/c1-26-16-10-8-14(12-17(16)27-2)15-9-11-18(25)24(23-15)20-22-21-19(28-20)13-6-4-3-5-7-13/h3-8,10,12H,9,11H2,1-2H3. The molecule has 8 heteroatoms. The highest BCUT2D eigenvalue weighted by Crippen LogP contribution is 2.30. The summed E-state index contributed by atoms with van der Waals surface area (Å²) in [6.45, 7) is 0. The largest absolute Gasteiger partial charge is 0.493 e. The molecule has 1 aliphatic rings. The van der Waals surface area contributed by atoms with Crippen LogP contribution in [-0.4, -0.2) is 36.0 Å². The smallest absolute Gasteiger partial charge is 0.347 e. The summed E-state index contributed by atoms with van der Waals surface area (Å²) in [6.07, 6.45) is 0.792. The molecule has 0 N–H and O–H groups in total. The van der Waals surface area contributed by atoms with Crippen molar-refractivity contribution in [2.24, 2.45) is 5.10 Å². The maximum Gasteiger partial charge on any atom is 0.347 e. The Bertz CT molecular complexity index is 1030. The number of benzene rings is 2. The average Bonchev–Trinajstić information content (AvgIpc) is 3.24. The molecule has 0 radical (unpaired) electrons. The van der Waals surface area contributed by atoms with Gasteiger partial charge in [0.15, 0.2) is 11.5 Å². The summed E-state index contributed by atoms with van der Waals surface area (Å²) < 4.78 is 16.3. The van der Waals surface area contributed by atoms with Crippen LogP contribution in [0.5, 0.6) is 11.5 Å². The molecule has 0 atom stereocenters. The normalized spacial score (nSPS) is 14.0. The molecule has 1 amide bonds. The van der Waals surface area contributed by atoms with E-state index in [2.05, 4.69) is 15.3 Å². The second-order valence-corrected chi connectivity index (χ2v) is 6.08. The maximum absolute atomic E-state index is 12.4. The number of amides is 1. The zero-order chi connectivity index (χ0) is 19.5. The minimum atomic E-state index is -0.201. The van der Waals surface area contributed by atoms with Crippen LogP contribution >= 0.6 is 0 Å². The van der Waals surface area contributed by atoms with E-state index in [1.807, 2.05) is 42.5 Å². The predicted octanol–water partition coefficient (Wildman–Crippen LogP) is 3.28. The van der Waals surface area contributed by atoms with E-state index >= 15 is 0 Å². The number of carbonyl (C=O) groups is 1. The summed E-state index contributed by atoms with van der Waals surface area (Å²) in [5.74, 6) is 1.35. The van der Waals surface area contributed by atoms with Crippen LogP contribution in [0.4, 0.5) is 6.01 Å². The SMILES string of the molecule is COc1ccc(C2=NN(c3nnc(-c4ccccc4)o3)C(=O)CC2)cc1OC. The fourth-order valence-corrected chi connectivity index (χ4v) is 2.92. The Balaban J connectivity index is 1.67. The number of rotatable bonds is 5. The first-order valence-corrected chi connectivity index (χ1v) is 8.71. The van der Waals surface area contributed by atoms with Gasteiger partial charge in [0.2, 0.25) is 5.89 Å². The molecule has 0 bridgehead atoms. The lowest BCUT2D eigenvalue weighted by Gasteiger charge is -2.20. The molecule has 2 heterocycles. The Morgan fingerprint density at radius 1 is 0.929 bits per heavy atom. The number of ether oxygens (including phenoxy) is 2. The van der Waals surface area contributed by atoms with E-state index in [0.29, 0.717) is 23.8 Å². The molecular formula is C20H18N4O4. The van der Waals surface area contributed by atoms with Crippen molar-refractivity contribution in [3.63, 3.8) is 0 Å². The lowest BCUT2D eigenvalue weighted by atomic mass is 10.0. The van der Waals surface area contributed by atoms with Gasteiger partial charge in [0.1, 0.15) is 0 Å². The van der Waals surface area contributed by atoms with Gasteiger partial charge in [0, 0.05) is 24.0 Å². The lowest BCUT2D eigenvalue weighted by Crippen LogP contribution is -2.32. The summed E-state index contributed by atoms with van der Waals surface area (Å²) in [7, 11) is 3.15. The van der Waals surface area contributed by atoms with Gasteiger partial charge in [-0.1, -0.05) is 23.3 Å². The summed E-state index contributed by atoms with van der Waals surface area (Å²) >= 11 is 0. The Morgan fingerprint density at radius 3 is 2.46 bits per heavy atom. The van der Waals surface area contributed by atoms with Crippen LogP contribution in [0.3, 0.4) is 0 Å². The number of hydrazone groups is 1. The molecule has 0 aliphatic carbocycles. The molecule has 2 aromatic carbocycles. The van der Waals surface area contributed by atoms with Crippen LogP contribution in [0.15, 0.2) is 58.0 Å². The third-order valence-corrected chi connectivity index (χ3v) is 4.37. The maximum atomic E-state index is 12.4. The number of nitrogens with zero attached hydrogens (tertiary/aromatic N) is 4. The molecular weight excluding hydrogens is 360 g/mol. The van der Waals surface area contributed by atoms with Gasteiger partial charge in [-0.25, -0.2) is 0 Å². The van der Waals surface area contributed by atoms with Crippen LogP contribution in [0.2, 0.25) is 0 Å². The summed E-state index contributed by atoms with van der Waals surface area (Å²) in [4.78, 5) is 12.4. The van der Waals surface area contributed by atoms with Crippen LogP contribution in [-0.2, 0) is 4.79 Å². The highest BCUT2D eigenvalue weighted by Gasteiger charge is 2.27. The number of hydrogen-bond donors (Lipinski definition) is 0. The minimum absolute atomic E-state index is 0.0431. The monoisotopic (exact) mass is 378 g/mol. The quantitative estimate of drug-likeness (QED) is 0.677. The van der Waals surface area contributed by atoms with Gasteiger partial charge in [0.25, 0.3) is 5.91 Å². The third-order valence-electron chi connectivity index (χ3n) is 4.37. The Morgan fingerprint density at radius 2 is 1.71 bits per heavy atom. The third kappa shape index (κ3) is 3.32. The molecule has 0 saturated carbocycles. The van der Waals surface area contributed by atoms with Gasteiger partial charge in [-0.3, -0.25) is 4.79 Å². The van der Waals surface area contributed by atoms with E-state index in [1.165, 1.54) is 0 Å². The molecule has 0 spiro atoms. The molecule has 28 heavy (non-hydrogen) atoms. The number of hydrogen-bond acceptors (Lipinski definition) is 7. The second kappa shape index (κ2) is 7.51. The van der Waals surface area contributed by atoms with Gasteiger partial charge in [-0.2, -0.15) is 5.10 Å². The lowest BCUT2D eigenvalue weighted by molar-refractivity contribution is -0.119. The number of carbonyl (C=O) groups excluding carboxylic acids is 1. The Hall–Kier alpha value is -3.68. The van der Waals surface area contributed by atoms with Gasteiger partial charge in [-0.05, 0) is 30.3 Å². The van der Waals surface area contributed by atoms with Crippen LogP contribution in [0, 0.1) is 0 Å². The van der Waals surface area contributed by atoms with E-state index in [-0.39, 0.29) is 18.3 Å². The zero-order valence-electron chi connectivity index (χ0n) is 15.5. The van der Waals surface area contributed by atoms with Gasteiger partial charge >= 0.3 is 6.01 Å². The van der Waals surface area contributed by atoms with Gasteiger partial charge in [-0.15, -0.1) is 10.1 Å². The molecule has 0 unspecified atom stereocenters. The van der Waals surface area contributed by atoms with Crippen molar-refractivity contribution >= 4 is 17.6 Å². The molecule has 142 valence electrons. The van der Waals surface area contributed by atoms with Crippen molar-refractivity contribution in [2.45, 2.75) is 12.8 Å². The first kappa shape index (κ1) is 17.7. The fourth-order valence-electron chi connectivity index (χ4n) is 2.92. The molecule has 4 rings (SSSR count). The van der Waals surface area contributed by atoms with E-state index < -0.39 is 0 Å². The summed E-state index contributed by atoms with van der Waals surface area (Å²) in [6, 6.07) is 14.9. The van der Waals surface area contributed by atoms with E-state index in [9.17, 15) is 4.79 Å². The number of methoxy groups -OCH3 is 2. The first-order valence-electron chi connectivity index (χ1n) is 8.71. The highest BCUT2D eigenvalue weighted by atomic mass is 16.5. The molecule has 1 aromatic heterocycles. The number of aromatic nitrogens is 2. The van der Waals surface area contributed by atoms with Crippen molar-refractivity contribution in [2.75, 3.05) is 19.2 Å². The van der Waals surface area contributed by atoms with Crippen molar-refractivity contribution in [1.29, 1.82) is 0 Å². The molecule has 0 fully saturated rings. The zero-order valence-corrected chi connectivity index (χ0v) is 15.5. The first-order chi connectivity index (χ1) is 13.7. The predicted molar refractivity (Wildman–Crippen MR) is 103 cm³/mol. The van der Waals surface area contributed by atoms with Crippen LogP contribution in [0.1, 0.15) is 18.4 Å². The number of anilines is 1.